The summed E-state index contributed by atoms with van der Waals surface area (Å²) in [6.45, 7) is 2.67. The third-order valence-corrected chi connectivity index (χ3v) is 3.16. The van der Waals surface area contributed by atoms with Crippen LogP contribution in [0.25, 0.3) is 0 Å². The summed E-state index contributed by atoms with van der Waals surface area (Å²) in [5, 5.41) is 11.6. The van der Waals surface area contributed by atoms with Gasteiger partial charge in [0.2, 0.25) is 0 Å². The van der Waals surface area contributed by atoms with Crippen molar-refractivity contribution in [2.24, 2.45) is 0 Å². The van der Waals surface area contributed by atoms with Crippen LogP contribution < -0.4 is 5.32 Å². The van der Waals surface area contributed by atoms with E-state index < -0.39 is 0 Å². The minimum Gasteiger partial charge on any atom is -0.395 e. The molecule has 1 aliphatic heterocycles. The zero-order valence-corrected chi connectivity index (χ0v) is 11.4. The highest BCUT2D eigenvalue weighted by Gasteiger charge is 2.26. The van der Waals surface area contributed by atoms with Crippen LogP contribution in [0, 0.1) is 11.8 Å². The van der Waals surface area contributed by atoms with Gasteiger partial charge in [-0.05, 0) is 25.5 Å². The fraction of sp³-hybridized carbons (Fsp3) is 0.467. The molecular weight excluding hydrogens is 256 g/mol. The molecule has 1 amide bonds. The van der Waals surface area contributed by atoms with Gasteiger partial charge in [0.05, 0.1) is 18.8 Å². The minimum atomic E-state index is -0.192. The Labute approximate surface area is 118 Å². The monoisotopic (exact) mass is 274 g/mol. The van der Waals surface area contributed by atoms with E-state index in [1.807, 2.05) is 6.92 Å². The van der Waals surface area contributed by atoms with Crippen LogP contribution in [0.3, 0.4) is 0 Å². The summed E-state index contributed by atoms with van der Waals surface area (Å²) in [4.78, 5) is 16.1. The van der Waals surface area contributed by atoms with Crippen molar-refractivity contribution in [1.29, 1.82) is 0 Å². The van der Waals surface area contributed by atoms with E-state index in [2.05, 4.69) is 22.1 Å². The number of aliphatic hydroxyl groups excluding tert-OH is 1. The predicted octanol–water partition coefficient (Wildman–Crippen LogP) is 0.723. The minimum absolute atomic E-state index is 0.0440. The van der Waals surface area contributed by atoms with Gasteiger partial charge < -0.3 is 15.2 Å². The van der Waals surface area contributed by atoms with Crippen molar-refractivity contribution in [3.8, 4) is 11.8 Å². The number of ether oxygens (including phenoxy) is 1. The first kappa shape index (κ1) is 14.5. The predicted molar refractivity (Wildman–Crippen MR) is 74.1 cm³/mol. The average molecular weight is 274 g/mol. The molecule has 1 saturated heterocycles. The Morgan fingerprint density at radius 2 is 2.45 bits per heavy atom. The van der Waals surface area contributed by atoms with Crippen molar-refractivity contribution in [2.75, 3.05) is 13.2 Å². The maximum absolute atomic E-state index is 12.0. The molecule has 106 valence electrons. The summed E-state index contributed by atoms with van der Waals surface area (Å²) < 4.78 is 5.40. The van der Waals surface area contributed by atoms with Crippen molar-refractivity contribution in [3.63, 3.8) is 0 Å². The topological polar surface area (TPSA) is 71.5 Å². The highest BCUT2D eigenvalue weighted by Crippen LogP contribution is 2.13. The standard InChI is InChI=1S/C15H18N2O3/c1-11-13(7-9-20-11)17-15(19)14-6-5-12(10-16-14)4-2-3-8-18/h5-6,10-11,13,18H,3,7-9H2,1H3,(H,17,19). The van der Waals surface area contributed by atoms with Gasteiger partial charge in [0, 0.05) is 24.8 Å². The normalized spacial score (nSPS) is 21.1. The van der Waals surface area contributed by atoms with Gasteiger partial charge >= 0.3 is 0 Å². The maximum atomic E-state index is 12.0. The molecule has 1 aliphatic rings. The Hall–Kier alpha value is -1.90. The van der Waals surface area contributed by atoms with E-state index in [0.717, 1.165) is 12.0 Å². The van der Waals surface area contributed by atoms with Crippen molar-refractivity contribution in [3.05, 3.63) is 29.6 Å². The number of amides is 1. The highest BCUT2D eigenvalue weighted by molar-refractivity contribution is 5.92. The van der Waals surface area contributed by atoms with Gasteiger partial charge in [-0.3, -0.25) is 4.79 Å². The molecular formula is C15H18N2O3. The Balaban J connectivity index is 1.95. The van der Waals surface area contributed by atoms with Gasteiger partial charge in [0.1, 0.15) is 5.69 Å². The molecule has 0 radical (unpaired) electrons. The summed E-state index contributed by atoms with van der Waals surface area (Å²) in [5.41, 5.74) is 1.10. The number of carbonyl (C=O) groups excluding carboxylic acids is 1. The quantitative estimate of drug-likeness (QED) is 0.797. The lowest BCUT2D eigenvalue weighted by Gasteiger charge is -2.15. The number of hydrogen-bond donors (Lipinski definition) is 2. The molecule has 2 heterocycles. The number of nitrogens with one attached hydrogen (secondary N) is 1. The summed E-state index contributed by atoms with van der Waals surface area (Å²) in [6, 6.07) is 3.45. The van der Waals surface area contributed by atoms with E-state index >= 15 is 0 Å². The molecule has 1 fully saturated rings. The van der Waals surface area contributed by atoms with E-state index in [1.54, 1.807) is 18.3 Å². The molecule has 0 aromatic carbocycles. The molecule has 20 heavy (non-hydrogen) atoms. The molecule has 1 aromatic rings. The summed E-state index contributed by atoms with van der Waals surface area (Å²) >= 11 is 0. The molecule has 0 spiro atoms. The molecule has 5 heteroatoms. The van der Waals surface area contributed by atoms with Gasteiger partial charge in [-0.15, -0.1) is 0 Å². The lowest BCUT2D eigenvalue weighted by Crippen LogP contribution is -2.39. The molecule has 2 atom stereocenters. The molecule has 5 nitrogen and oxygen atoms in total. The van der Waals surface area contributed by atoms with E-state index in [0.29, 0.717) is 18.7 Å². The fourth-order valence-corrected chi connectivity index (χ4v) is 1.99. The third-order valence-electron chi connectivity index (χ3n) is 3.16. The van der Waals surface area contributed by atoms with E-state index in [9.17, 15) is 4.79 Å². The summed E-state index contributed by atoms with van der Waals surface area (Å²) in [6.07, 6.45) is 2.87. The Morgan fingerprint density at radius 3 is 3.05 bits per heavy atom. The maximum Gasteiger partial charge on any atom is 0.270 e. The van der Waals surface area contributed by atoms with Gasteiger partial charge in [-0.25, -0.2) is 4.98 Å². The summed E-state index contributed by atoms with van der Waals surface area (Å²) in [7, 11) is 0. The number of aromatic nitrogens is 1. The van der Waals surface area contributed by atoms with E-state index in [-0.39, 0.29) is 24.7 Å². The van der Waals surface area contributed by atoms with Crippen LogP contribution >= 0.6 is 0 Å². The first-order chi connectivity index (χ1) is 9.70. The number of hydrogen-bond acceptors (Lipinski definition) is 4. The number of aliphatic hydroxyl groups is 1. The molecule has 2 rings (SSSR count). The highest BCUT2D eigenvalue weighted by atomic mass is 16.5. The van der Waals surface area contributed by atoms with Crippen LogP contribution in [0.15, 0.2) is 18.3 Å². The second-order valence-electron chi connectivity index (χ2n) is 4.65. The zero-order valence-electron chi connectivity index (χ0n) is 11.4. The Kier molecular flexibility index (Phi) is 5.10. The van der Waals surface area contributed by atoms with Crippen LogP contribution in [-0.4, -0.2) is 41.4 Å². The number of pyridine rings is 1. The van der Waals surface area contributed by atoms with Gasteiger partial charge in [0.25, 0.3) is 5.91 Å². The fourth-order valence-electron chi connectivity index (χ4n) is 1.99. The molecule has 2 N–H and O–H groups in total. The smallest absolute Gasteiger partial charge is 0.270 e. The van der Waals surface area contributed by atoms with E-state index in [4.69, 9.17) is 9.84 Å². The molecule has 0 saturated carbocycles. The van der Waals surface area contributed by atoms with E-state index in [1.165, 1.54) is 0 Å². The van der Waals surface area contributed by atoms with Crippen LogP contribution in [0.2, 0.25) is 0 Å². The Morgan fingerprint density at radius 1 is 1.60 bits per heavy atom. The third kappa shape index (κ3) is 3.80. The van der Waals surface area contributed by atoms with Gasteiger partial charge in [-0.1, -0.05) is 11.8 Å². The second-order valence-corrected chi connectivity index (χ2v) is 4.65. The molecule has 2 unspecified atom stereocenters. The van der Waals surface area contributed by atoms with Crippen LogP contribution in [-0.2, 0) is 4.74 Å². The SMILES string of the molecule is CC1OCCC1NC(=O)c1ccc(C#CCCO)cn1. The second kappa shape index (κ2) is 7.04. The van der Waals surface area contributed by atoms with Crippen LogP contribution in [0.5, 0.6) is 0 Å². The zero-order chi connectivity index (χ0) is 14.4. The molecule has 0 bridgehead atoms. The largest absolute Gasteiger partial charge is 0.395 e. The first-order valence-corrected chi connectivity index (χ1v) is 6.69. The summed E-state index contributed by atoms with van der Waals surface area (Å²) in [5.74, 6) is 5.48. The molecule has 0 aliphatic carbocycles. The van der Waals surface area contributed by atoms with Crippen molar-refractivity contribution in [1.82, 2.24) is 10.3 Å². The van der Waals surface area contributed by atoms with Crippen molar-refractivity contribution < 1.29 is 14.6 Å². The number of nitrogens with zero attached hydrogens (tertiary/aromatic N) is 1. The average Bonchev–Trinajstić information content (AvgIpc) is 2.85. The first-order valence-electron chi connectivity index (χ1n) is 6.69. The van der Waals surface area contributed by atoms with Crippen LogP contribution in [0.4, 0.5) is 0 Å². The molecule has 1 aromatic heterocycles. The van der Waals surface area contributed by atoms with Crippen LogP contribution in [0.1, 0.15) is 35.8 Å². The number of rotatable bonds is 3. The van der Waals surface area contributed by atoms with Crippen molar-refractivity contribution >= 4 is 5.91 Å². The van der Waals surface area contributed by atoms with Gasteiger partial charge in [-0.2, -0.15) is 0 Å². The Bertz CT molecular complexity index is 516. The lowest BCUT2D eigenvalue weighted by atomic mass is 10.1. The van der Waals surface area contributed by atoms with Gasteiger partial charge in [0.15, 0.2) is 0 Å². The number of carbonyl (C=O) groups is 1. The van der Waals surface area contributed by atoms with Crippen molar-refractivity contribution in [2.45, 2.75) is 31.9 Å². The lowest BCUT2D eigenvalue weighted by molar-refractivity contribution is 0.0862.